The molecule has 0 unspecified atom stereocenters. The quantitative estimate of drug-likeness (QED) is 0.323. The predicted octanol–water partition coefficient (Wildman–Crippen LogP) is 1.81. The van der Waals surface area contributed by atoms with Crippen LogP contribution >= 0.6 is 11.6 Å². The third-order valence-corrected chi connectivity index (χ3v) is 6.73. The van der Waals surface area contributed by atoms with Crippen LogP contribution in [0, 0.1) is 28.1 Å². The van der Waals surface area contributed by atoms with E-state index in [1.54, 1.807) is 12.1 Å². The van der Waals surface area contributed by atoms with Gasteiger partial charge in [0.2, 0.25) is 5.95 Å². The monoisotopic (exact) mass is 524 g/mol. The zero-order chi connectivity index (χ0) is 26.6. The Morgan fingerprint density at radius 3 is 2.49 bits per heavy atom. The number of nitrogens with one attached hydrogen (secondary N) is 2. The summed E-state index contributed by atoms with van der Waals surface area (Å²) in [6.45, 7) is 7.53. The molecule has 4 N–H and O–H groups in total. The summed E-state index contributed by atoms with van der Waals surface area (Å²) in [5, 5.41) is 49.4. The third-order valence-electron chi connectivity index (χ3n) is 6.33. The van der Waals surface area contributed by atoms with E-state index in [1.165, 1.54) is 10.7 Å². The average Bonchev–Trinajstić information content (AvgIpc) is 3.34. The van der Waals surface area contributed by atoms with Crippen molar-refractivity contribution in [2.75, 3.05) is 68.0 Å². The number of aliphatic hydroxyl groups excluding tert-OH is 2. The lowest BCUT2D eigenvalue weighted by atomic mass is 9.92. The van der Waals surface area contributed by atoms with Crippen molar-refractivity contribution in [1.82, 2.24) is 24.5 Å². The van der Waals surface area contributed by atoms with E-state index in [0.717, 1.165) is 13.1 Å². The maximum atomic E-state index is 9.68. The predicted molar refractivity (Wildman–Crippen MR) is 140 cm³/mol. The first-order valence-electron chi connectivity index (χ1n) is 11.9. The molecular formula is C24H29ClN10O2. The van der Waals surface area contributed by atoms with Gasteiger partial charge < -0.3 is 25.7 Å². The zero-order valence-electron chi connectivity index (χ0n) is 20.7. The normalized spacial score (nSPS) is 14.4. The van der Waals surface area contributed by atoms with Gasteiger partial charge in [-0.05, 0) is 19.1 Å². The highest BCUT2D eigenvalue weighted by Crippen LogP contribution is 2.36. The smallest absolute Gasteiger partial charge is 0.247 e. The molecule has 3 heterocycles. The van der Waals surface area contributed by atoms with Crippen LogP contribution < -0.4 is 15.5 Å². The second-order valence-electron chi connectivity index (χ2n) is 9.29. The first-order chi connectivity index (χ1) is 17.8. The second kappa shape index (κ2) is 11.2. The van der Waals surface area contributed by atoms with Crippen molar-refractivity contribution in [3.05, 3.63) is 34.6 Å². The van der Waals surface area contributed by atoms with Gasteiger partial charge in [0.1, 0.15) is 6.07 Å². The number of rotatable bonds is 9. The van der Waals surface area contributed by atoms with Crippen molar-refractivity contribution in [1.29, 1.82) is 10.5 Å². The molecule has 0 aliphatic carbocycles. The van der Waals surface area contributed by atoms with Gasteiger partial charge in [-0.2, -0.15) is 20.0 Å². The lowest BCUT2D eigenvalue weighted by molar-refractivity contribution is 0.0336. The molecule has 2 aromatic heterocycles. The Bertz CT molecular complexity index is 1350. The molecule has 1 fully saturated rings. The van der Waals surface area contributed by atoms with Crippen LogP contribution in [0.5, 0.6) is 0 Å². The fourth-order valence-corrected chi connectivity index (χ4v) is 4.52. The highest BCUT2D eigenvalue weighted by atomic mass is 35.5. The molecule has 1 aliphatic rings. The Hall–Kier alpha value is -3.68. The number of aliphatic hydroxyl groups is 2. The molecule has 37 heavy (non-hydrogen) atoms. The summed E-state index contributed by atoms with van der Waals surface area (Å²) >= 11 is 6.83. The second-order valence-corrected chi connectivity index (χ2v) is 9.67. The standard InChI is InChI=1S/C24H29ClN10O2/c1-3-28-21-22-29-12-17(11-27)35(22)32-23(31-21)30-18-8-16(10-26)9-19(20(18)25)34-6-4-33(5-7-34)13-24(2,14-36)15-37/h8-9,12,36-37H,3-7,13-15H2,1-2H3,(H2,28,30,31,32). The fraction of sp³-hybridized carbons (Fsp3) is 0.458. The molecule has 13 heteroatoms. The Balaban J connectivity index is 1.61. The topological polar surface area (TPSA) is 162 Å². The minimum absolute atomic E-state index is 0.0902. The number of benzene rings is 1. The highest BCUT2D eigenvalue weighted by Gasteiger charge is 2.29. The van der Waals surface area contributed by atoms with Crippen molar-refractivity contribution < 1.29 is 10.2 Å². The Labute approximate surface area is 219 Å². The van der Waals surface area contributed by atoms with E-state index >= 15 is 0 Å². The highest BCUT2D eigenvalue weighted by molar-refractivity contribution is 6.36. The number of nitriles is 2. The molecule has 0 atom stereocenters. The summed E-state index contributed by atoms with van der Waals surface area (Å²) in [5.41, 5.74) is 1.72. The van der Waals surface area contributed by atoms with Crippen molar-refractivity contribution in [3.8, 4) is 12.1 Å². The lowest BCUT2D eigenvalue weighted by Gasteiger charge is -2.40. The SMILES string of the molecule is CCNc1nc(Nc2cc(C#N)cc(N3CCN(CC(C)(CO)CO)CC3)c2Cl)nn2c(C#N)cnc12. The minimum Gasteiger partial charge on any atom is -0.396 e. The van der Waals surface area contributed by atoms with Gasteiger partial charge in [0.15, 0.2) is 17.2 Å². The number of aromatic nitrogens is 4. The number of imidazole rings is 1. The zero-order valence-corrected chi connectivity index (χ0v) is 21.5. The molecule has 1 saturated heterocycles. The summed E-state index contributed by atoms with van der Waals surface area (Å²) in [5.74, 6) is 0.654. The molecule has 0 amide bonds. The molecule has 3 aromatic rings. The van der Waals surface area contributed by atoms with Crippen LogP contribution in [0.3, 0.4) is 0 Å². The van der Waals surface area contributed by atoms with Crippen molar-refractivity contribution in [3.63, 3.8) is 0 Å². The van der Waals surface area contributed by atoms with Crippen LogP contribution in [0.2, 0.25) is 5.02 Å². The summed E-state index contributed by atoms with van der Waals surface area (Å²) in [4.78, 5) is 13.0. The van der Waals surface area contributed by atoms with E-state index < -0.39 is 5.41 Å². The first-order valence-corrected chi connectivity index (χ1v) is 12.3. The van der Waals surface area contributed by atoms with Gasteiger partial charge in [0.05, 0.1) is 47.4 Å². The van der Waals surface area contributed by atoms with Crippen LogP contribution in [0.15, 0.2) is 18.3 Å². The molecule has 0 spiro atoms. The molecule has 0 bridgehead atoms. The molecular weight excluding hydrogens is 496 g/mol. The minimum atomic E-state index is -0.565. The molecule has 1 aromatic carbocycles. The van der Waals surface area contributed by atoms with Gasteiger partial charge in [-0.25, -0.2) is 4.98 Å². The van der Waals surface area contributed by atoms with Crippen LogP contribution in [0.4, 0.5) is 23.1 Å². The summed E-state index contributed by atoms with van der Waals surface area (Å²) < 4.78 is 1.40. The van der Waals surface area contributed by atoms with Crippen LogP contribution in [0.25, 0.3) is 5.65 Å². The number of piperazine rings is 1. The van der Waals surface area contributed by atoms with Crippen molar-refractivity contribution >= 4 is 40.4 Å². The number of anilines is 4. The molecule has 4 rings (SSSR count). The molecule has 1 aliphatic heterocycles. The number of fused-ring (bicyclic) bond motifs is 1. The number of halogens is 1. The Morgan fingerprint density at radius 2 is 1.86 bits per heavy atom. The average molecular weight is 525 g/mol. The summed E-state index contributed by atoms with van der Waals surface area (Å²) in [6, 6.07) is 7.64. The van der Waals surface area contributed by atoms with Crippen molar-refractivity contribution in [2.24, 2.45) is 5.41 Å². The molecule has 0 saturated carbocycles. The van der Waals surface area contributed by atoms with Gasteiger partial charge in [-0.3, -0.25) is 4.90 Å². The van der Waals surface area contributed by atoms with Gasteiger partial charge in [0.25, 0.3) is 0 Å². The van der Waals surface area contributed by atoms with Gasteiger partial charge in [-0.15, -0.1) is 5.10 Å². The van der Waals surface area contributed by atoms with Crippen molar-refractivity contribution in [2.45, 2.75) is 13.8 Å². The van der Waals surface area contributed by atoms with E-state index in [2.05, 4.69) is 47.6 Å². The van der Waals surface area contributed by atoms with Crippen LogP contribution in [-0.2, 0) is 0 Å². The maximum absolute atomic E-state index is 9.68. The summed E-state index contributed by atoms with van der Waals surface area (Å²) in [6.07, 6.45) is 1.43. The van der Waals surface area contributed by atoms with Crippen LogP contribution in [0.1, 0.15) is 25.1 Å². The molecule has 194 valence electrons. The van der Waals surface area contributed by atoms with Gasteiger partial charge in [0, 0.05) is 44.7 Å². The number of hydrogen-bond acceptors (Lipinski definition) is 11. The van der Waals surface area contributed by atoms with E-state index in [0.29, 0.717) is 59.6 Å². The van der Waals surface area contributed by atoms with E-state index in [1.807, 2.05) is 13.8 Å². The van der Waals surface area contributed by atoms with E-state index in [9.17, 15) is 20.7 Å². The molecule has 12 nitrogen and oxygen atoms in total. The van der Waals surface area contributed by atoms with Gasteiger partial charge in [-0.1, -0.05) is 18.5 Å². The summed E-state index contributed by atoms with van der Waals surface area (Å²) in [7, 11) is 0. The number of nitrogens with zero attached hydrogens (tertiary/aromatic N) is 8. The molecule has 0 radical (unpaired) electrons. The van der Waals surface area contributed by atoms with E-state index in [4.69, 9.17) is 11.6 Å². The first kappa shape index (κ1) is 26.4. The van der Waals surface area contributed by atoms with E-state index in [-0.39, 0.29) is 24.9 Å². The Morgan fingerprint density at radius 1 is 1.14 bits per heavy atom. The van der Waals surface area contributed by atoms with Crippen LogP contribution in [-0.4, -0.2) is 87.2 Å². The van der Waals surface area contributed by atoms with Gasteiger partial charge >= 0.3 is 0 Å². The largest absolute Gasteiger partial charge is 0.396 e. The lowest BCUT2D eigenvalue weighted by Crippen LogP contribution is -2.51. The maximum Gasteiger partial charge on any atom is 0.247 e. The third kappa shape index (κ3) is 5.53. The fourth-order valence-electron chi connectivity index (χ4n) is 4.25. The number of hydrogen-bond donors (Lipinski definition) is 4. The Kier molecular flexibility index (Phi) is 7.95.